The zero-order valence-corrected chi connectivity index (χ0v) is 26.9. The molecule has 0 radical (unpaired) electrons. The van der Waals surface area contributed by atoms with Crippen LogP contribution in [0.2, 0.25) is 0 Å². The summed E-state index contributed by atoms with van der Waals surface area (Å²) in [6, 6.07) is 12.3. The number of carbonyl (C=O) groups is 2. The van der Waals surface area contributed by atoms with E-state index in [1.807, 2.05) is 12.1 Å². The van der Waals surface area contributed by atoms with Crippen LogP contribution in [0.15, 0.2) is 36.4 Å². The number of rotatable bonds is 6. The monoisotopic (exact) mass is 630 g/mol. The van der Waals surface area contributed by atoms with Gasteiger partial charge in [0.1, 0.15) is 23.5 Å². The van der Waals surface area contributed by atoms with E-state index in [0.29, 0.717) is 18.2 Å². The molecule has 3 saturated heterocycles. The number of hydrogen-bond acceptors (Lipinski definition) is 7. The maximum absolute atomic E-state index is 15.6. The Morgan fingerprint density at radius 1 is 1.11 bits per heavy atom. The molecule has 9 nitrogen and oxygen atoms in total. The molecule has 46 heavy (non-hydrogen) atoms. The molecule has 1 saturated carbocycles. The van der Waals surface area contributed by atoms with Crippen molar-refractivity contribution in [2.24, 2.45) is 5.92 Å². The molecule has 1 N–H and O–H groups in total. The number of piperidine rings is 2. The van der Waals surface area contributed by atoms with E-state index in [2.05, 4.69) is 28.4 Å². The highest BCUT2D eigenvalue weighted by Gasteiger charge is 2.53. The molecule has 2 aromatic rings. The molecular weight excluding hydrogens is 587 g/mol. The summed E-state index contributed by atoms with van der Waals surface area (Å²) in [6.07, 6.45) is 3.78. The van der Waals surface area contributed by atoms with Crippen molar-refractivity contribution < 1.29 is 28.2 Å². The van der Waals surface area contributed by atoms with Crippen molar-refractivity contribution in [3.05, 3.63) is 58.9 Å². The van der Waals surface area contributed by atoms with E-state index in [-0.39, 0.29) is 29.9 Å². The minimum Gasteiger partial charge on any atom is -0.444 e. The van der Waals surface area contributed by atoms with E-state index in [1.54, 1.807) is 31.7 Å². The Morgan fingerprint density at radius 3 is 2.52 bits per heavy atom. The molecule has 1 aliphatic carbocycles. The molecule has 0 unspecified atom stereocenters. The van der Waals surface area contributed by atoms with E-state index in [9.17, 15) is 14.9 Å². The minimum absolute atomic E-state index is 0.0191. The van der Waals surface area contributed by atoms with Gasteiger partial charge in [-0.2, -0.15) is 5.26 Å². The van der Waals surface area contributed by atoms with Crippen LogP contribution in [0.5, 0.6) is 0 Å². The van der Waals surface area contributed by atoms with Gasteiger partial charge in [-0.05, 0) is 98.7 Å². The molecule has 10 heteroatoms. The second kappa shape index (κ2) is 11.9. The molecule has 2 bridgehead atoms. The first kappa shape index (κ1) is 31.1. The van der Waals surface area contributed by atoms with Crippen molar-refractivity contribution in [2.75, 3.05) is 26.3 Å². The zero-order chi connectivity index (χ0) is 32.2. The van der Waals surface area contributed by atoms with Gasteiger partial charge in [-0.1, -0.05) is 24.3 Å². The number of nitrogens with zero attached hydrogens (tertiary/aromatic N) is 3. The number of nitrogens with one attached hydrogen (secondary N) is 1. The Bertz CT molecular complexity index is 1550. The van der Waals surface area contributed by atoms with E-state index in [0.717, 1.165) is 69.5 Å². The third kappa shape index (κ3) is 5.78. The van der Waals surface area contributed by atoms with Crippen molar-refractivity contribution in [1.29, 1.82) is 5.26 Å². The lowest BCUT2D eigenvalue weighted by Gasteiger charge is -2.45. The highest BCUT2D eigenvalue weighted by molar-refractivity contribution is 5.87. The summed E-state index contributed by atoms with van der Waals surface area (Å²) in [5, 5.41) is 12.7. The van der Waals surface area contributed by atoms with E-state index >= 15 is 4.39 Å². The Morgan fingerprint density at radius 2 is 1.85 bits per heavy atom. The Kier molecular flexibility index (Phi) is 8.07. The fraction of sp³-hybridized carbons (Fsp3) is 0.583. The average molecular weight is 631 g/mol. The Balaban J connectivity index is 1.03. The summed E-state index contributed by atoms with van der Waals surface area (Å²) in [4.78, 5) is 30.5. The Labute approximate surface area is 270 Å². The number of ether oxygens (including phenoxy) is 3. The number of hydrogen-bond donors (Lipinski definition) is 1. The van der Waals surface area contributed by atoms with Crippen molar-refractivity contribution in [2.45, 2.75) is 101 Å². The van der Waals surface area contributed by atoms with E-state index in [1.165, 1.54) is 17.2 Å². The average Bonchev–Trinajstić information content (AvgIpc) is 3.71. The van der Waals surface area contributed by atoms with Crippen LogP contribution in [-0.2, 0) is 37.6 Å². The van der Waals surface area contributed by atoms with Crippen LogP contribution in [0.25, 0.3) is 11.1 Å². The van der Waals surface area contributed by atoms with Gasteiger partial charge in [-0.3, -0.25) is 14.6 Å². The van der Waals surface area contributed by atoms with Crippen molar-refractivity contribution in [3.8, 4) is 17.2 Å². The quantitative estimate of drug-likeness (QED) is 0.477. The molecule has 4 fully saturated rings. The molecule has 0 aromatic heterocycles. The maximum atomic E-state index is 15.6. The van der Waals surface area contributed by atoms with Crippen LogP contribution in [0.3, 0.4) is 0 Å². The van der Waals surface area contributed by atoms with Crippen LogP contribution in [-0.4, -0.2) is 77.9 Å². The highest BCUT2D eigenvalue weighted by Crippen LogP contribution is 2.46. The highest BCUT2D eigenvalue weighted by atomic mass is 19.1. The third-order valence-electron chi connectivity index (χ3n) is 10.6. The SMILES string of the molecule is CC(C)(C)OC(=O)N1[C@@H]2CC[C@@H](C2)[C@H]1C(=O)N[C@H](C#N)Cc1ccc(-c2ccc3c(c2)C2(CCN(C4COC4)CC2)OC3)cc1F. The smallest absolute Gasteiger partial charge is 0.411 e. The molecule has 2 amide bonds. The number of fused-ring (bicyclic) bond motifs is 4. The number of nitriles is 1. The predicted molar refractivity (Wildman–Crippen MR) is 168 cm³/mol. The maximum Gasteiger partial charge on any atom is 0.411 e. The molecule has 244 valence electrons. The van der Waals surface area contributed by atoms with Crippen molar-refractivity contribution in [1.82, 2.24) is 15.1 Å². The van der Waals surface area contributed by atoms with Crippen LogP contribution in [0.1, 0.15) is 69.6 Å². The lowest BCUT2D eigenvalue weighted by molar-refractivity contribution is -0.128. The fourth-order valence-electron chi connectivity index (χ4n) is 8.10. The van der Waals surface area contributed by atoms with Gasteiger partial charge >= 0.3 is 6.09 Å². The molecule has 4 heterocycles. The number of likely N-dealkylation sites (tertiary alicyclic amines) is 2. The molecule has 4 atom stereocenters. The predicted octanol–water partition coefficient (Wildman–Crippen LogP) is 5.05. The number of amides is 2. The minimum atomic E-state index is -0.943. The summed E-state index contributed by atoms with van der Waals surface area (Å²) < 4.78 is 33.0. The lowest BCUT2D eigenvalue weighted by atomic mass is 9.82. The summed E-state index contributed by atoms with van der Waals surface area (Å²) in [6.45, 7) is 9.55. The van der Waals surface area contributed by atoms with Crippen molar-refractivity contribution >= 4 is 12.0 Å². The van der Waals surface area contributed by atoms with Crippen molar-refractivity contribution in [3.63, 3.8) is 0 Å². The molecule has 2 aromatic carbocycles. The van der Waals surface area contributed by atoms with Crippen LogP contribution in [0.4, 0.5) is 9.18 Å². The normalized spacial score (nSPS) is 26.0. The second-order valence-corrected chi connectivity index (χ2v) is 14.6. The van der Waals surface area contributed by atoms with Gasteiger partial charge in [0, 0.05) is 25.6 Å². The van der Waals surface area contributed by atoms with Gasteiger partial charge in [0.2, 0.25) is 5.91 Å². The molecular formula is C36H43FN4O5. The van der Waals surface area contributed by atoms with E-state index in [4.69, 9.17) is 14.2 Å². The summed E-state index contributed by atoms with van der Waals surface area (Å²) in [7, 11) is 0. The lowest BCUT2D eigenvalue weighted by Crippen LogP contribution is -2.55. The topological polar surface area (TPSA) is 104 Å². The number of halogens is 1. The largest absolute Gasteiger partial charge is 0.444 e. The van der Waals surface area contributed by atoms with Gasteiger partial charge in [0.05, 0.1) is 37.5 Å². The van der Waals surface area contributed by atoms with Crippen LogP contribution < -0.4 is 5.32 Å². The number of carbonyl (C=O) groups excluding carboxylic acids is 2. The van der Waals surface area contributed by atoms with E-state index < -0.39 is 29.6 Å². The zero-order valence-electron chi connectivity index (χ0n) is 26.9. The van der Waals surface area contributed by atoms with Gasteiger partial charge < -0.3 is 19.5 Å². The first-order valence-electron chi connectivity index (χ1n) is 16.6. The second-order valence-electron chi connectivity index (χ2n) is 14.6. The van der Waals surface area contributed by atoms with Crippen LogP contribution in [0, 0.1) is 23.1 Å². The van der Waals surface area contributed by atoms with Gasteiger partial charge in [-0.15, -0.1) is 0 Å². The van der Waals surface area contributed by atoms with Gasteiger partial charge in [0.25, 0.3) is 0 Å². The van der Waals surface area contributed by atoms with Gasteiger partial charge in [0.15, 0.2) is 0 Å². The number of benzene rings is 2. The Hall–Kier alpha value is -3.52. The summed E-state index contributed by atoms with van der Waals surface area (Å²) in [5.74, 6) is -0.790. The molecule has 7 rings (SSSR count). The third-order valence-corrected chi connectivity index (χ3v) is 10.6. The molecule has 5 aliphatic rings. The fourth-order valence-corrected chi connectivity index (χ4v) is 8.10. The molecule has 4 aliphatic heterocycles. The van der Waals surface area contributed by atoms with Gasteiger partial charge in [-0.25, -0.2) is 9.18 Å². The first-order valence-corrected chi connectivity index (χ1v) is 16.6. The summed E-state index contributed by atoms with van der Waals surface area (Å²) >= 11 is 0. The first-order chi connectivity index (χ1) is 22.0. The standard InChI is InChI=1S/C36H43FN4O5/c1-35(2,3)46-34(43)41-28-9-8-25(15-28)32(41)33(42)39-27(18-38)14-24-6-4-23(17-31(24)37)22-5-7-26-19-45-36(30(26)16-22)10-12-40(13-11-36)29-20-44-21-29/h4-7,16-17,25,27-29,32H,8-15,19-21H2,1-3H3,(H,39,42)/t25-,27-,28+,32-/m0/s1. The summed E-state index contributed by atoms with van der Waals surface area (Å²) in [5.41, 5.74) is 3.43. The molecule has 1 spiro atoms. The van der Waals surface area contributed by atoms with Crippen LogP contribution >= 0.6 is 0 Å².